The van der Waals surface area contributed by atoms with Crippen LogP contribution in [0.25, 0.3) is 11.1 Å². The molecule has 3 aliphatic rings. The number of nitrogens with zero attached hydrogens (tertiary/aromatic N) is 3. The second-order valence-electron chi connectivity index (χ2n) is 8.99. The van der Waals surface area contributed by atoms with Crippen molar-refractivity contribution in [3.8, 4) is 22.6 Å². The summed E-state index contributed by atoms with van der Waals surface area (Å²) in [6, 6.07) is 11.7. The molecule has 4 heterocycles. The van der Waals surface area contributed by atoms with Crippen LogP contribution in [0.4, 0.5) is 5.69 Å². The minimum Gasteiger partial charge on any atom is -0.454 e. The van der Waals surface area contributed by atoms with Crippen molar-refractivity contribution < 1.29 is 23.9 Å². The molecule has 2 N–H and O–H groups in total. The molecule has 3 aromatic rings. The molecule has 0 bridgehead atoms. The maximum absolute atomic E-state index is 13.5. The van der Waals surface area contributed by atoms with Crippen molar-refractivity contribution in [1.82, 2.24) is 20.0 Å². The number of carbonyl (C=O) groups excluding carboxylic acids is 3. The minimum absolute atomic E-state index is 0.182. The molecule has 0 radical (unpaired) electrons. The molecule has 1 aromatic heterocycles. The quantitative estimate of drug-likeness (QED) is 0.602. The Kier molecular flexibility index (Phi) is 4.77. The molecule has 0 spiro atoms. The van der Waals surface area contributed by atoms with E-state index in [2.05, 4.69) is 15.7 Å². The van der Waals surface area contributed by atoms with Crippen molar-refractivity contribution in [3.05, 3.63) is 59.4 Å². The largest absolute Gasteiger partial charge is 0.454 e. The standard InChI is InChI=1S/C25H23N5O5/c1-13-7-19(28-29(13)2)23(31)26-16-10-20-24(32)27-18-5-3-14(8-17(18)25(33)30(20)11-16)15-4-6-21-22(9-15)35-12-34-21/h3-9,16,20H,10-12H2,1-2H3,(H,26,31)(H,27,32)/t16-,20-/m0/s1. The van der Waals surface area contributed by atoms with E-state index in [1.54, 1.807) is 34.8 Å². The number of rotatable bonds is 3. The Balaban J connectivity index is 1.25. The van der Waals surface area contributed by atoms with Gasteiger partial charge < -0.3 is 25.0 Å². The van der Waals surface area contributed by atoms with Crippen LogP contribution >= 0.6 is 0 Å². The van der Waals surface area contributed by atoms with Crippen LogP contribution in [0.15, 0.2) is 42.5 Å². The highest BCUT2D eigenvalue weighted by atomic mass is 16.7. The van der Waals surface area contributed by atoms with E-state index in [9.17, 15) is 14.4 Å². The third-order valence-corrected chi connectivity index (χ3v) is 6.76. The van der Waals surface area contributed by atoms with Crippen LogP contribution in [0.2, 0.25) is 0 Å². The first-order chi connectivity index (χ1) is 16.9. The smallest absolute Gasteiger partial charge is 0.272 e. The molecule has 2 aromatic carbocycles. The van der Waals surface area contributed by atoms with Crippen molar-refractivity contribution in [2.75, 3.05) is 18.7 Å². The van der Waals surface area contributed by atoms with E-state index in [1.165, 1.54) is 0 Å². The van der Waals surface area contributed by atoms with Crippen molar-refractivity contribution in [1.29, 1.82) is 0 Å². The highest BCUT2D eigenvalue weighted by Gasteiger charge is 2.43. The highest BCUT2D eigenvalue weighted by Crippen LogP contribution is 2.37. The molecule has 35 heavy (non-hydrogen) atoms. The molecule has 0 saturated carbocycles. The molecule has 0 unspecified atom stereocenters. The zero-order chi connectivity index (χ0) is 24.3. The first kappa shape index (κ1) is 21.2. The van der Waals surface area contributed by atoms with Gasteiger partial charge in [-0.05, 0) is 54.8 Å². The van der Waals surface area contributed by atoms with E-state index in [4.69, 9.17) is 9.47 Å². The molecule has 1 fully saturated rings. The number of anilines is 1. The van der Waals surface area contributed by atoms with E-state index >= 15 is 0 Å². The maximum Gasteiger partial charge on any atom is 0.272 e. The fourth-order valence-electron chi connectivity index (χ4n) is 4.80. The third kappa shape index (κ3) is 3.58. The topological polar surface area (TPSA) is 115 Å². The second kappa shape index (κ2) is 7.86. The summed E-state index contributed by atoms with van der Waals surface area (Å²) < 4.78 is 12.5. The summed E-state index contributed by atoms with van der Waals surface area (Å²) >= 11 is 0. The summed E-state index contributed by atoms with van der Waals surface area (Å²) in [7, 11) is 1.77. The van der Waals surface area contributed by atoms with E-state index in [1.807, 2.05) is 31.2 Å². The Morgan fingerprint density at radius 2 is 1.86 bits per heavy atom. The van der Waals surface area contributed by atoms with Gasteiger partial charge in [0.05, 0.1) is 11.3 Å². The monoisotopic (exact) mass is 473 g/mol. The Morgan fingerprint density at radius 3 is 2.66 bits per heavy atom. The number of hydrogen-bond donors (Lipinski definition) is 2. The van der Waals surface area contributed by atoms with Crippen molar-refractivity contribution in [3.63, 3.8) is 0 Å². The van der Waals surface area contributed by atoms with E-state index in [0.29, 0.717) is 34.9 Å². The molecule has 1 saturated heterocycles. The van der Waals surface area contributed by atoms with Crippen molar-refractivity contribution in [2.45, 2.75) is 25.4 Å². The van der Waals surface area contributed by atoms with Crippen molar-refractivity contribution >= 4 is 23.4 Å². The van der Waals surface area contributed by atoms with Gasteiger partial charge in [0.25, 0.3) is 11.8 Å². The van der Waals surface area contributed by atoms with Crippen LogP contribution < -0.4 is 20.1 Å². The van der Waals surface area contributed by atoms with Gasteiger partial charge in [-0.1, -0.05) is 12.1 Å². The average molecular weight is 473 g/mol. The molecule has 10 heteroatoms. The van der Waals surface area contributed by atoms with Gasteiger partial charge in [0, 0.05) is 25.3 Å². The molecule has 6 rings (SSSR count). The summed E-state index contributed by atoms with van der Waals surface area (Å²) in [5.74, 6) is 0.489. The van der Waals surface area contributed by atoms with Crippen LogP contribution in [0.1, 0.15) is 33.0 Å². The summed E-state index contributed by atoms with van der Waals surface area (Å²) in [5, 5.41) is 10.0. The Bertz CT molecular complexity index is 1380. The first-order valence-electron chi connectivity index (χ1n) is 11.3. The minimum atomic E-state index is -0.667. The lowest BCUT2D eigenvalue weighted by Gasteiger charge is -2.20. The zero-order valence-corrected chi connectivity index (χ0v) is 19.2. The fraction of sp³-hybridized carbons (Fsp3) is 0.280. The number of aryl methyl sites for hydroxylation is 2. The van der Waals surface area contributed by atoms with E-state index < -0.39 is 6.04 Å². The lowest BCUT2D eigenvalue weighted by atomic mass is 10.0. The molecular weight excluding hydrogens is 450 g/mol. The number of ether oxygens (including phenoxy) is 2. The lowest BCUT2D eigenvalue weighted by molar-refractivity contribution is -0.119. The summed E-state index contributed by atoms with van der Waals surface area (Å²) in [4.78, 5) is 40.7. The summed E-state index contributed by atoms with van der Waals surface area (Å²) in [6.07, 6.45) is 0.331. The second-order valence-corrected chi connectivity index (χ2v) is 8.99. The fourth-order valence-corrected chi connectivity index (χ4v) is 4.80. The normalized spacial score (nSPS) is 20.2. The predicted octanol–water partition coefficient (Wildman–Crippen LogP) is 2.09. The van der Waals surface area contributed by atoms with E-state index in [0.717, 1.165) is 16.8 Å². The molecule has 0 aliphatic carbocycles. The number of fused-ring (bicyclic) bond motifs is 3. The van der Waals surface area contributed by atoms with Gasteiger partial charge in [-0.2, -0.15) is 5.10 Å². The van der Waals surface area contributed by atoms with Gasteiger partial charge in [0.1, 0.15) is 11.7 Å². The summed E-state index contributed by atoms with van der Waals surface area (Å²) in [6.45, 7) is 2.28. The molecular formula is C25H23N5O5. The predicted molar refractivity (Wildman–Crippen MR) is 125 cm³/mol. The zero-order valence-electron chi connectivity index (χ0n) is 19.2. The van der Waals surface area contributed by atoms with Crippen molar-refractivity contribution in [2.24, 2.45) is 7.05 Å². The van der Waals surface area contributed by atoms with Gasteiger partial charge in [0.2, 0.25) is 12.7 Å². The lowest BCUT2D eigenvalue weighted by Crippen LogP contribution is -2.41. The van der Waals surface area contributed by atoms with Crippen LogP contribution in [-0.2, 0) is 11.8 Å². The highest BCUT2D eigenvalue weighted by molar-refractivity contribution is 6.11. The Hall–Kier alpha value is -4.34. The molecule has 178 valence electrons. The number of aromatic nitrogens is 2. The maximum atomic E-state index is 13.5. The number of amides is 3. The number of nitrogens with one attached hydrogen (secondary N) is 2. The molecule has 3 aliphatic heterocycles. The average Bonchev–Trinajstić information content (AvgIpc) is 3.56. The summed E-state index contributed by atoms with van der Waals surface area (Å²) in [5.41, 5.74) is 3.74. The van der Waals surface area contributed by atoms with Crippen LogP contribution in [0.5, 0.6) is 11.5 Å². The number of benzene rings is 2. The first-order valence-corrected chi connectivity index (χ1v) is 11.3. The molecule has 2 atom stereocenters. The molecule has 3 amide bonds. The van der Waals surface area contributed by atoms with Gasteiger partial charge in [-0.3, -0.25) is 19.1 Å². The van der Waals surface area contributed by atoms with Gasteiger partial charge in [-0.25, -0.2) is 0 Å². The Labute approximate surface area is 200 Å². The van der Waals surface area contributed by atoms with Crippen LogP contribution in [0, 0.1) is 6.92 Å². The third-order valence-electron chi connectivity index (χ3n) is 6.76. The molecule has 10 nitrogen and oxygen atoms in total. The van der Waals surface area contributed by atoms with Crippen LogP contribution in [0.3, 0.4) is 0 Å². The van der Waals surface area contributed by atoms with Gasteiger partial charge in [0.15, 0.2) is 11.5 Å². The van der Waals surface area contributed by atoms with E-state index in [-0.39, 0.29) is 37.1 Å². The van der Waals surface area contributed by atoms with Gasteiger partial charge in [-0.15, -0.1) is 0 Å². The Morgan fingerprint density at radius 1 is 1.09 bits per heavy atom. The number of hydrogen-bond acceptors (Lipinski definition) is 6. The van der Waals surface area contributed by atoms with Gasteiger partial charge >= 0.3 is 0 Å². The number of carbonyl (C=O) groups is 3. The SMILES string of the molecule is Cc1cc(C(=O)N[C@H]2C[C@H]3C(=O)Nc4ccc(-c5ccc6c(c5)OCO6)cc4C(=O)N3C2)nn1C. The van der Waals surface area contributed by atoms with Crippen LogP contribution in [-0.4, -0.2) is 57.8 Å².